The maximum Gasteiger partial charge on any atom is 0.416 e. The number of amides is 2. The van der Waals surface area contributed by atoms with E-state index in [4.69, 9.17) is 4.42 Å². The number of aryl methyl sites for hydroxylation is 1. The summed E-state index contributed by atoms with van der Waals surface area (Å²) in [6.07, 6.45) is -0.837. The molecule has 3 N–H and O–H groups in total. The normalized spacial score (nSPS) is 16.4. The van der Waals surface area contributed by atoms with E-state index in [1.165, 1.54) is 24.4 Å². The summed E-state index contributed by atoms with van der Waals surface area (Å²) < 4.78 is 44.8. The fraction of sp³-hybridized carbons (Fsp3) is 0.333. The Kier molecular flexibility index (Phi) is 9.94. The molecule has 0 radical (unpaired) electrons. The standard InChI is InChI=1S/C33H34F3N5O4/c1-21-20-45-31(39-21)28-11-6-14-41(28)32(44)27-17-24(12-13-38-27)30(43)40-26(16-22-7-3-2-4-8-22)29(42)19-37-18-23-9-5-10-25(15-23)33(34,35)36/h2-5,7-10,12-13,15,17,20,26,28-29,37,42H,6,11,14,16,18-19H2,1H3,(H,40,43)/t26-,28?,29+/m0/s1. The molecule has 236 valence electrons. The van der Waals surface area contributed by atoms with Crippen molar-refractivity contribution in [1.82, 2.24) is 25.5 Å². The number of halogens is 3. The van der Waals surface area contributed by atoms with E-state index < -0.39 is 29.8 Å². The molecule has 1 aliphatic heterocycles. The largest absolute Gasteiger partial charge is 0.446 e. The maximum atomic E-state index is 13.4. The minimum Gasteiger partial charge on any atom is -0.446 e. The highest BCUT2D eigenvalue weighted by atomic mass is 19.4. The summed E-state index contributed by atoms with van der Waals surface area (Å²) in [6, 6.07) is 16.1. The zero-order valence-corrected chi connectivity index (χ0v) is 24.6. The summed E-state index contributed by atoms with van der Waals surface area (Å²) in [4.78, 5) is 37.1. The second-order valence-electron chi connectivity index (χ2n) is 11.1. The molecule has 3 heterocycles. The van der Waals surface area contributed by atoms with Crippen molar-refractivity contribution in [1.29, 1.82) is 0 Å². The summed E-state index contributed by atoms with van der Waals surface area (Å²) in [5.74, 6) is -0.389. The zero-order valence-electron chi connectivity index (χ0n) is 24.6. The van der Waals surface area contributed by atoms with Gasteiger partial charge in [0, 0.05) is 31.4 Å². The van der Waals surface area contributed by atoms with Gasteiger partial charge in [0.05, 0.1) is 23.4 Å². The monoisotopic (exact) mass is 621 g/mol. The molecule has 45 heavy (non-hydrogen) atoms. The second kappa shape index (κ2) is 14.0. The van der Waals surface area contributed by atoms with Gasteiger partial charge in [-0.05, 0) is 55.5 Å². The van der Waals surface area contributed by atoms with Gasteiger partial charge in [0.2, 0.25) is 5.89 Å². The number of likely N-dealkylation sites (tertiary alicyclic amines) is 1. The van der Waals surface area contributed by atoms with Crippen molar-refractivity contribution in [3.05, 3.63) is 119 Å². The van der Waals surface area contributed by atoms with E-state index in [-0.39, 0.29) is 36.3 Å². The van der Waals surface area contributed by atoms with E-state index in [2.05, 4.69) is 20.6 Å². The molecule has 5 rings (SSSR count). The molecule has 4 aromatic rings. The van der Waals surface area contributed by atoms with E-state index in [1.54, 1.807) is 17.2 Å². The van der Waals surface area contributed by atoms with Gasteiger partial charge in [-0.15, -0.1) is 0 Å². The fourth-order valence-corrected chi connectivity index (χ4v) is 5.39. The van der Waals surface area contributed by atoms with Crippen molar-refractivity contribution in [3.8, 4) is 0 Å². The lowest BCUT2D eigenvalue weighted by Crippen LogP contribution is -2.48. The fourth-order valence-electron chi connectivity index (χ4n) is 5.39. The number of oxazole rings is 1. The highest BCUT2D eigenvalue weighted by Crippen LogP contribution is 2.32. The number of hydrogen-bond acceptors (Lipinski definition) is 7. The van der Waals surface area contributed by atoms with Crippen LogP contribution in [-0.4, -0.2) is 57.0 Å². The van der Waals surface area contributed by atoms with Crippen molar-refractivity contribution in [2.24, 2.45) is 0 Å². The van der Waals surface area contributed by atoms with E-state index in [0.29, 0.717) is 30.8 Å². The molecule has 2 aromatic carbocycles. The lowest BCUT2D eigenvalue weighted by molar-refractivity contribution is -0.137. The third-order valence-corrected chi connectivity index (χ3v) is 7.69. The molecule has 0 bridgehead atoms. The number of nitrogens with zero attached hydrogens (tertiary/aromatic N) is 3. The average molecular weight is 622 g/mol. The molecule has 0 saturated carbocycles. The van der Waals surface area contributed by atoms with Crippen LogP contribution in [0.25, 0.3) is 0 Å². The molecule has 12 heteroatoms. The van der Waals surface area contributed by atoms with Crippen LogP contribution in [0.4, 0.5) is 13.2 Å². The molecule has 1 fully saturated rings. The molecular formula is C33H34F3N5O4. The van der Waals surface area contributed by atoms with Crippen LogP contribution in [0.5, 0.6) is 0 Å². The van der Waals surface area contributed by atoms with Crippen LogP contribution in [0.2, 0.25) is 0 Å². The Morgan fingerprint density at radius 2 is 1.87 bits per heavy atom. The summed E-state index contributed by atoms with van der Waals surface area (Å²) >= 11 is 0. The van der Waals surface area contributed by atoms with Crippen molar-refractivity contribution >= 4 is 11.8 Å². The molecule has 3 atom stereocenters. The number of carbonyl (C=O) groups excluding carboxylic acids is 2. The van der Waals surface area contributed by atoms with Gasteiger partial charge >= 0.3 is 6.18 Å². The minimum absolute atomic E-state index is 0.00471. The lowest BCUT2D eigenvalue weighted by atomic mass is 10.00. The lowest BCUT2D eigenvalue weighted by Gasteiger charge is -2.25. The van der Waals surface area contributed by atoms with Crippen LogP contribution in [0, 0.1) is 6.92 Å². The second-order valence-corrected chi connectivity index (χ2v) is 11.1. The Labute approximate surface area is 258 Å². The van der Waals surface area contributed by atoms with E-state index in [1.807, 2.05) is 37.3 Å². The number of pyridine rings is 1. The van der Waals surface area contributed by atoms with Crippen LogP contribution in [0.3, 0.4) is 0 Å². The van der Waals surface area contributed by atoms with Crippen LogP contribution in [-0.2, 0) is 19.1 Å². The Hall–Kier alpha value is -4.55. The first-order valence-electron chi connectivity index (χ1n) is 14.7. The van der Waals surface area contributed by atoms with E-state index >= 15 is 0 Å². The van der Waals surface area contributed by atoms with Gasteiger partial charge in [-0.1, -0.05) is 48.5 Å². The molecule has 0 spiro atoms. The molecule has 1 saturated heterocycles. The molecule has 1 aliphatic rings. The molecule has 0 aliphatic carbocycles. The smallest absolute Gasteiger partial charge is 0.416 e. The van der Waals surface area contributed by atoms with Gasteiger partial charge in [0.1, 0.15) is 18.0 Å². The van der Waals surface area contributed by atoms with Crippen molar-refractivity contribution in [2.45, 2.75) is 57.1 Å². The van der Waals surface area contributed by atoms with Gasteiger partial charge in [-0.3, -0.25) is 14.6 Å². The van der Waals surface area contributed by atoms with E-state index in [0.717, 1.165) is 29.8 Å². The third kappa shape index (κ3) is 8.14. The highest BCUT2D eigenvalue weighted by molar-refractivity contribution is 5.98. The summed E-state index contributed by atoms with van der Waals surface area (Å²) in [5.41, 5.74) is 1.54. The summed E-state index contributed by atoms with van der Waals surface area (Å²) in [7, 11) is 0. The van der Waals surface area contributed by atoms with Crippen molar-refractivity contribution < 1.29 is 32.3 Å². The number of aromatic nitrogens is 2. The van der Waals surface area contributed by atoms with Gasteiger partial charge in [0.15, 0.2) is 0 Å². The zero-order chi connectivity index (χ0) is 32.0. The van der Waals surface area contributed by atoms with Gasteiger partial charge in [-0.25, -0.2) is 4.98 Å². The third-order valence-electron chi connectivity index (χ3n) is 7.69. The van der Waals surface area contributed by atoms with Crippen LogP contribution in [0.15, 0.2) is 83.6 Å². The average Bonchev–Trinajstić information content (AvgIpc) is 3.70. The number of benzene rings is 2. The Morgan fingerprint density at radius 3 is 2.60 bits per heavy atom. The number of hydrogen-bond donors (Lipinski definition) is 3. The number of nitrogens with one attached hydrogen (secondary N) is 2. The number of rotatable bonds is 11. The number of aliphatic hydroxyl groups is 1. The van der Waals surface area contributed by atoms with Gasteiger partial charge in [-0.2, -0.15) is 13.2 Å². The van der Waals surface area contributed by atoms with Crippen LogP contribution < -0.4 is 10.6 Å². The van der Waals surface area contributed by atoms with E-state index in [9.17, 15) is 27.9 Å². The number of carbonyl (C=O) groups is 2. The summed E-state index contributed by atoms with van der Waals surface area (Å²) in [5, 5.41) is 17.0. The predicted molar refractivity (Wildman–Crippen MR) is 159 cm³/mol. The van der Waals surface area contributed by atoms with Crippen LogP contribution >= 0.6 is 0 Å². The minimum atomic E-state index is -4.45. The first-order valence-corrected chi connectivity index (χ1v) is 14.7. The van der Waals surface area contributed by atoms with Crippen LogP contribution in [0.1, 0.15) is 68.0 Å². The number of aliphatic hydroxyl groups excluding tert-OH is 1. The molecular weight excluding hydrogens is 587 g/mol. The first-order chi connectivity index (χ1) is 21.6. The Balaban J connectivity index is 1.26. The molecule has 1 unspecified atom stereocenters. The predicted octanol–water partition coefficient (Wildman–Crippen LogP) is 4.87. The molecule has 2 aromatic heterocycles. The topological polar surface area (TPSA) is 121 Å². The number of alkyl halides is 3. The first kappa shape index (κ1) is 31.9. The highest BCUT2D eigenvalue weighted by Gasteiger charge is 2.35. The summed E-state index contributed by atoms with van der Waals surface area (Å²) in [6.45, 7) is 2.41. The molecule has 9 nitrogen and oxygen atoms in total. The molecule has 2 amide bonds. The quantitative estimate of drug-likeness (QED) is 0.219. The van der Waals surface area contributed by atoms with Gasteiger partial charge < -0.3 is 25.1 Å². The van der Waals surface area contributed by atoms with Gasteiger partial charge in [0.25, 0.3) is 11.8 Å². The van der Waals surface area contributed by atoms with Crippen molar-refractivity contribution in [3.63, 3.8) is 0 Å². The Morgan fingerprint density at radius 1 is 1.09 bits per heavy atom. The van der Waals surface area contributed by atoms with Crippen molar-refractivity contribution in [2.75, 3.05) is 13.1 Å². The SMILES string of the molecule is Cc1coc(C2CCCN2C(=O)c2cc(C(=O)N[C@@H](Cc3ccccc3)[C@H](O)CNCc3cccc(C(F)(F)F)c3)ccn2)n1. The maximum absolute atomic E-state index is 13.4. The Bertz CT molecular complexity index is 1610.